The summed E-state index contributed by atoms with van der Waals surface area (Å²) in [6.45, 7) is 0.313. The predicted octanol–water partition coefficient (Wildman–Crippen LogP) is 2.72. The van der Waals surface area contributed by atoms with Gasteiger partial charge >= 0.3 is 0 Å². The highest BCUT2D eigenvalue weighted by Gasteiger charge is 2.14. The van der Waals surface area contributed by atoms with Crippen molar-refractivity contribution < 1.29 is 14.7 Å². The third-order valence-electron chi connectivity index (χ3n) is 3.31. The van der Waals surface area contributed by atoms with Crippen LogP contribution in [-0.4, -0.2) is 30.1 Å². The van der Waals surface area contributed by atoms with Gasteiger partial charge < -0.3 is 15.7 Å². The minimum absolute atomic E-state index is 0.0126. The Kier molecular flexibility index (Phi) is 7.37. The molecule has 0 aliphatic heterocycles. The predicted molar refractivity (Wildman–Crippen MR) is 101 cm³/mol. The van der Waals surface area contributed by atoms with E-state index >= 15 is 0 Å². The number of halogens is 1. The number of amides is 2. The number of carbonyl (C=O) groups excluding carboxylic acids is 2. The molecule has 0 saturated carbocycles. The Labute approximate surface area is 154 Å². The normalized spacial score (nSPS) is 11.0. The SMILES string of the molecule is O=C(NCCCO)C(=Cc1cccc(Br)c1)NC(=O)c1ccccc1. The van der Waals surface area contributed by atoms with E-state index in [0.29, 0.717) is 18.5 Å². The van der Waals surface area contributed by atoms with Crippen LogP contribution in [0.5, 0.6) is 0 Å². The molecule has 130 valence electrons. The Balaban J connectivity index is 2.22. The number of nitrogens with one attached hydrogen (secondary N) is 2. The summed E-state index contributed by atoms with van der Waals surface area (Å²) in [5.41, 5.74) is 1.38. The van der Waals surface area contributed by atoms with Crippen LogP contribution in [0, 0.1) is 0 Å². The third-order valence-corrected chi connectivity index (χ3v) is 3.80. The molecule has 2 aromatic rings. The lowest BCUT2D eigenvalue weighted by molar-refractivity contribution is -0.117. The first-order chi connectivity index (χ1) is 12.1. The van der Waals surface area contributed by atoms with Gasteiger partial charge in [-0.15, -0.1) is 0 Å². The second kappa shape index (κ2) is 9.76. The number of hydrogen-bond donors (Lipinski definition) is 3. The van der Waals surface area contributed by atoms with Gasteiger partial charge in [0.05, 0.1) is 0 Å². The maximum Gasteiger partial charge on any atom is 0.267 e. The van der Waals surface area contributed by atoms with Crippen LogP contribution in [0.25, 0.3) is 6.08 Å². The summed E-state index contributed by atoms with van der Waals surface area (Å²) < 4.78 is 0.871. The van der Waals surface area contributed by atoms with Crippen LogP contribution in [0.3, 0.4) is 0 Å². The Hall–Kier alpha value is -2.44. The van der Waals surface area contributed by atoms with Gasteiger partial charge in [-0.3, -0.25) is 9.59 Å². The van der Waals surface area contributed by atoms with Crippen LogP contribution >= 0.6 is 15.9 Å². The maximum absolute atomic E-state index is 12.4. The van der Waals surface area contributed by atoms with Gasteiger partial charge in [0.1, 0.15) is 5.70 Å². The number of aliphatic hydroxyl groups excluding tert-OH is 1. The van der Waals surface area contributed by atoms with Crippen molar-refractivity contribution in [2.45, 2.75) is 6.42 Å². The van der Waals surface area contributed by atoms with Crippen molar-refractivity contribution in [1.29, 1.82) is 0 Å². The number of carbonyl (C=O) groups is 2. The zero-order valence-electron chi connectivity index (χ0n) is 13.5. The molecule has 3 N–H and O–H groups in total. The fourth-order valence-corrected chi connectivity index (χ4v) is 2.50. The molecule has 0 bridgehead atoms. The van der Waals surface area contributed by atoms with Crippen molar-refractivity contribution in [2.75, 3.05) is 13.2 Å². The molecular weight excluding hydrogens is 384 g/mol. The smallest absolute Gasteiger partial charge is 0.267 e. The summed E-state index contributed by atoms with van der Waals surface area (Å²) in [4.78, 5) is 24.8. The minimum Gasteiger partial charge on any atom is -0.396 e. The Morgan fingerprint density at radius 1 is 1.08 bits per heavy atom. The number of benzene rings is 2. The van der Waals surface area contributed by atoms with E-state index in [-0.39, 0.29) is 18.2 Å². The van der Waals surface area contributed by atoms with Gasteiger partial charge in [-0.05, 0) is 42.3 Å². The fraction of sp³-hybridized carbons (Fsp3) is 0.158. The molecule has 0 aliphatic carbocycles. The highest BCUT2D eigenvalue weighted by molar-refractivity contribution is 9.10. The average molecular weight is 403 g/mol. The van der Waals surface area contributed by atoms with Crippen molar-refractivity contribution in [1.82, 2.24) is 10.6 Å². The van der Waals surface area contributed by atoms with Crippen molar-refractivity contribution in [3.05, 3.63) is 75.9 Å². The molecule has 25 heavy (non-hydrogen) atoms. The van der Waals surface area contributed by atoms with Gasteiger partial charge in [-0.2, -0.15) is 0 Å². The largest absolute Gasteiger partial charge is 0.396 e. The topological polar surface area (TPSA) is 78.4 Å². The van der Waals surface area contributed by atoms with E-state index in [0.717, 1.165) is 10.0 Å². The monoisotopic (exact) mass is 402 g/mol. The second-order valence-corrected chi connectivity index (χ2v) is 6.18. The summed E-state index contributed by atoms with van der Waals surface area (Å²) >= 11 is 3.38. The number of rotatable bonds is 7. The lowest BCUT2D eigenvalue weighted by Gasteiger charge is -2.11. The molecule has 0 atom stereocenters. The van der Waals surface area contributed by atoms with Crippen LogP contribution in [0.1, 0.15) is 22.3 Å². The molecule has 0 fully saturated rings. The zero-order valence-corrected chi connectivity index (χ0v) is 15.1. The first kappa shape index (κ1) is 18.9. The van der Waals surface area contributed by atoms with Gasteiger partial charge in [-0.1, -0.05) is 46.3 Å². The molecule has 6 heteroatoms. The van der Waals surface area contributed by atoms with Crippen molar-refractivity contribution in [2.24, 2.45) is 0 Å². The molecule has 5 nitrogen and oxygen atoms in total. The van der Waals surface area contributed by atoms with Gasteiger partial charge in [0.25, 0.3) is 11.8 Å². The summed E-state index contributed by atoms with van der Waals surface area (Å²) in [6.07, 6.45) is 2.06. The Morgan fingerprint density at radius 2 is 1.84 bits per heavy atom. The van der Waals surface area contributed by atoms with Crippen LogP contribution < -0.4 is 10.6 Å². The van der Waals surface area contributed by atoms with Gasteiger partial charge in [-0.25, -0.2) is 0 Å². The van der Waals surface area contributed by atoms with E-state index in [1.807, 2.05) is 30.3 Å². The van der Waals surface area contributed by atoms with Crippen LogP contribution in [0.2, 0.25) is 0 Å². The van der Waals surface area contributed by atoms with E-state index in [1.165, 1.54) is 0 Å². The van der Waals surface area contributed by atoms with E-state index in [2.05, 4.69) is 26.6 Å². The van der Waals surface area contributed by atoms with E-state index in [4.69, 9.17) is 5.11 Å². The minimum atomic E-state index is -0.405. The summed E-state index contributed by atoms with van der Waals surface area (Å²) in [5.74, 6) is -0.767. The lowest BCUT2D eigenvalue weighted by Crippen LogP contribution is -2.35. The molecule has 0 unspecified atom stereocenters. The van der Waals surface area contributed by atoms with E-state index < -0.39 is 5.91 Å². The van der Waals surface area contributed by atoms with Gasteiger partial charge in [0.2, 0.25) is 0 Å². The zero-order chi connectivity index (χ0) is 18.1. The number of hydrogen-bond acceptors (Lipinski definition) is 3. The van der Waals surface area contributed by atoms with Crippen molar-refractivity contribution >= 4 is 33.8 Å². The standard InChI is InChI=1S/C19H19BrN2O3/c20-16-9-4-6-14(12-16)13-17(19(25)21-10-5-11-23)22-18(24)15-7-2-1-3-8-15/h1-4,6-9,12-13,23H,5,10-11H2,(H,21,25)(H,22,24). The summed E-state index contributed by atoms with van der Waals surface area (Å²) in [7, 11) is 0. The van der Waals surface area contributed by atoms with Crippen LogP contribution in [-0.2, 0) is 4.79 Å². The van der Waals surface area contributed by atoms with E-state index in [9.17, 15) is 9.59 Å². The molecular formula is C19H19BrN2O3. The quantitative estimate of drug-likeness (QED) is 0.492. The van der Waals surface area contributed by atoms with Crippen molar-refractivity contribution in [3.63, 3.8) is 0 Å². The highest BCUT2D eigenvalue weighted by atomic mass is 79.9. The molecule has 2 aromatic carbocycles. The highest BCUT2D eigenvalue weighted by Crippen LogP contribution is 2.14. The molecule has 0 heterocycles. The molecule has 2 amide bonds. The van der Waals surface area contributed by atoms with Crippen molar-refractivity contribution in [3.8, 4) is 0 Å². The first-order valence-corrected chi connectivity index (χ1v) is 8.62. The van der Waals surface area contributed by atoms with Crippen LogP contribution in [0.4, 0.5) is 0 Å². The first-order valence-electron chi connectivity index (χ1n) is 7.83. The summed E-state index contributed by atoms with van der Waals surface area (Å²) in [5, 5.41) is 14.2. The van der Waals surface area contributed by atoms with Gasteiger partial charge in [0.15, 0.2) is 0 Å². The molecule has 0 spiro atoms. The van der Waals surface area contributed by atoms with Gasteiger partial charge in [0, 0.05) is 23.2 Å². The Bertz CT molecular complexity index is 760. The maximum atomic E-state index is 12.4. The second-order valence-electron chi connectivity index (χ2n) is 5.27. The molecule has 0 aromatic heterocycles. The molecule has 0 saturated heterocycles. The lowest BCUT2D eigenvalue weighted by atomic mass is 10.1. The average Bonchev–Trinajstić information content (AvgIpc) is 2.62. The third kappa shape index (κ3) is 6.17. The fourth-order valence-electron chi connectivity index (χ4n) is 2.08. The number of aliphatic hydroxyl groups is 1. The molecule has 0 aliphatic rings. The summed E-state index contributed by atoms with van der Waals surface area (Å²) in [6, 6.07) is 16.1. The molecule has 0 radical (unpaired) electrons. The molecule has 2 rings (SSSR count). The van der Waals surface area contributed by atoms with E-state index in [1.54, 1.807) is 30.3 Å². The van der Waals surface area contributed by atoms with Crippen LogP contribution in [0.15, 0.2) is 64.8 Å². The Morgan fingerprint density at radius 3 is 2.52 bits per heavy atom.